The first kappa shape index (κ1) is 13.8. The van der Waals surface area contributed by atoms with Gasteiger partial charge in [0.25, 0.3) is 0 Å². The highest BCUT2D eigenvalue weighted by molar-refractivity contribution is 6.30. The quantitative estimate of drug-likeness (QED) is 0.786. The van der Waals surface area contributed by atoms with Gasteiger partial charge in [0, 0.05) is 36.7 Å². The van der Waals surface area contributed by atoms with Crippen molar-refractivity contribution in [3.8, 4) is 0 Å². The summed E-state index contributed by atoms with van der Waals surface area (Å²) in [4.78, 5) is 14.5. The number of fused-ring (bicyclic) bond motifs is 1. The van der Waals surface area contributed by atoms with E-state index in [1.54, 1.807) is 0 Å². The summed E-state index contributed by atoms with van der Waals surface area (Å²) >= 11 is 6.38. The fourth-order valence-corrected chi connectivity index (χ4v) is 3.95. The highest BCUT2D eigenvalue weighted by Crippen LogP contribution is 2.40. The first-order chi connectivity index (χ1) is 10.1. The lowest BCUT2D eigenvalue weighted by atomic mass is 10.1. The number of hydrogen-bond donors (Lipinski definition) is 0. The van der Waals surface area contributed by atoms with Gasteiger partial charge in [-0.3, -0.25) is 4.90 Å². The highest BCUT2D eigenvalue weighted by atomic mass is 35.5. The van der Waals surface area contributed by atoms with Crippen molar-refractivity contribution in [3.05, 3.63) is 16.5 Å². The first-order valence-corrected chi connectivity index (χ1v) is 8.56. The molecule has 1 aromatic heterocycles. The van der Waals surface area contributed by atoms with Gasteiger partial charge in [0.15, 0.2) is 0 Å². The van der Waals surface area contributed by atoms with Crippen LogP contribution in [-0.4, -0.2) is 46.6 Å². The Hall–Kier alpha value is -0.870. The molecule has 2 saturated heterocycles. The Morgan fingerprint density at radius 1 is 1.14 bits per heavy atom. The van der Waals surface area contributed by atoms with Crippen LogP contribution in [0.5, 0.6) is 0 Å². The molecule has 0 amide bonds. The summed E-state index contributed by atoms with van der Waals surface area (Å²) in [6, 6.07) is 1.19. The number of hydrogen-bond acceptors (Lipinski definition) is 4. The van der Waals surface area contributed by atoms with Crippen molar-refractivity contribution >= 4 is 17.4 Å². The zero-order chi connectivity index (χ0) is 14.6. The minimum Gasteiger partial charge on any atom is -0.351 e. The van der Waals surface area contributed by atoms with Crippen LogP contribution in [0.4, 0.5) is 5.82 Å². The van der Waals surface area contributed by atoms with E-state index >= 15 is 0 Å². The summed E-state index contributed by atoms with van der Waals surface area (Å²) in [7, 11) is 0. The Balaban J connectivity index is 1.68. The molecular formula is C16H23ClN4. The van der Waals surface area contributed by atoms with Crippen LogP contribution >= 0.6 is 11.6 Å². The van der Waals surface area contributed by atoms with E-state index in [9.17, 15) is 0 Å². The van der Waals surface area contributed by atoms with Crippen LogP contribution in [0.3, 0.4) is 0 Å². The average Bonchev–Trinajstić information content (AvgIpc) is 3.21. The van der Waals surface area contributed by atoms with E-state index < -0.39 is 0 Å². The number of rotatable bonds is 2. The molecule has 4 nitrogen and oxygen atoms in total. The molecule has 0 N–H and O–H groups in total. The predicted molar refractivity (Wildman–Crippen MR) is 85.2 cm³/mol. The second-order valence-electron chi connectivity index (χ2n) is 6.89. The summed E-state index contributed by atoms with van der Waals surface area (Å²) < 4.78 is 0. The largest absolute Gasteiger partial charge is 0.351 e. The minimum atomic E-state index is 0.496. The van der Waals surface area contributed by atoms with Gasteiger partial charge < -0.3 is 4.90 Å². The number of piperazine rings is 1. The normalized spacial score (nSPS) is 29.8. The third-order valence-corrected chi connectivity index (χ3v) is 5.60. The molecule has 1 saturated carbocycles. The number of aromatic nitrogens is 2. The lowest BCUT2D eigenvalue weighted by Crippen LogP contribution is -2.55. The fourth-order valence-electron chi connectivity index (χ4n) is 3.78. The molecule has 3 aliphatic rings. The molecule has 4 rings (SSSR count). The molecule has 3 heterocycles. The second-order valence-corrected chi connectivity index (χ2v) is 7.25. The fraction of sp³-hybridized carbons (Fsp3) is 0.750. The van der Waals surface area contributed by atoms with Gasteiger partial charge in [-0.2, -0.15) is 0 Å². The molecule has 0 spiro atoms. The SMILES string of the molecule is Cc1c(Cl)nc(C2CC2)nc1N1CC2CCCN2CC1C. The van der Waals surface area contributed by atoms with Gasteiger partial charge in [0.1, 0.15) is 16.8 Å². The summed E-state index contributed by atoms with van der Waals surface area (Å²) in [6.07, 6.45) is 5.08. The summed E-state index contributed by atoms with van der Waals surface area (Å²) in [5.74, 6) is 2.59. The van der Waals surface area contributed by atoms with E-state index in [0.29, 0.717) is 23.2 Å². The van der Waals surface area contributed by atoms with Gasteiger partial charge in [0.05, 0.1) is 0 Å². The zero-order valence-corrected chi connectivity index (χ0v) is 13.6. The molecule has 1 aromatic rings. The zero-order valence-electron chi connectivity index (χ0n) is 12.8. The van der Waals surface area contributed by atoms with Crippen molar-refractivity contribution in [3.63, 3.8) is 0 Å². The number of anilines is 1. The van der Waals surface area contributed by atoms with E-state index in [2.05, 4.69) is 28.6 Å². The average molecular weight is 307 g/mol. The van der Waals surface area contributed by atoms with Gasteiger partial charge in [-0.25, -0.2) is 9.97 Å². The third-order valence-electron chi connectivity index (χ3n) is 5.23. The maximum atomic E-state index is 6.38. The standard InChI is InChI=1S/C16H23ClN4/c1-10-8-20-7-3-4-13(20)9-21(10)16-11(2)14(17)18-15(19-16)12-5-6-12/h10,12-13H,3-9H2,1-2H3. The van der Waals surface area contributed by atoms with Crippen molar-refractivity contribution in [2.75, 3.05) is 24.5 Å². The molecule has 21 heavy (non-hydrogen) atoms. The van der Waals surface area contributed by atoms with Crippen LogP contribution in [0.1, 0.15) is 49.9 Å². The molecule has 2 unspecified atom stereocenters. The molecule has 1 aliphatic carbocycles. The van der Waals surface area contributed by atoms with Crippen LogP contribution in [0.2, 0.25) is 5.15 Å². The predicted octanol–water partition coefficient (Wildman–Crippen LogP) is 2.99. The molecule has 114 valence electrons. The Labute approximate surface area is 131 Å². The Bertz CT molecular complexity index is 557. The van der Waals surface area contributed by atoms with Crippen LogP contribution in [0.15, 0.2) is 0 Å². The molecule has 0 bridgehead atoms. The second kappa shape index (κ2) is 5.10. The monoisotopic (exact) mass is 306 g/mol. The number of halogens is 1. The Morgan fingerprint density at radius 2 is 1.95 bits per heavy atom. The molecule has 0 radical (unpaired) electrons. The van der Waals surface area contributed by atoms with E-state index in [1.165, 1.54) is 32.2 Å². The van der Waals surface area contributed by atoms with Crippen molar-refractivity contribution < 1.29 is 0 Å². The van der Waals surface area contributed by atoms with Crippen LogP contribution < -0.4 is 4.90 Å². The molecule has 2 atom stereocenters. The van der Waals surface area contributed by atoms with Crippen LogP contribution in [-0.2, 0) is 0 Å². The molecule has 2 aliphatic heterocycles. The van der Waals surface area contributed by atoms with Gasteiger partial charge in [-0.1, -0.05) is 11.6 Å². The van der Waals surface area contributed by atoms with E-state index in [1.807, 2.05) is 0 Å². The van der Waals surface area contributed by atoms with E-state index in [-0.39, 0.29) is 0 Å². The Morgan fingerprint density at radius 3 is 2.71 bits per heavy atom. The number of nitrogens with zero attached hydrogens (tertiary/aromatic N) is 4. The van der Waals surface area contributed by atoms with Crippen LogP contribution in [0, 0.1) is 6.92 Å². The highest BCUT2D eigenvalue weighted by Gasteiger charge is 2.36. The maximum absolute atomic E-state index is 6.38. The summed E-state index contributed by atoms with van der Waals surface area (Å²) in [6.45, 7) is 7.85. The van der Waals surface area contributed by atoms with Gasteiger partial charge in [-0.15, -0.1) is 0 Å². The topological polar surface area (TPSA) is 32.3 Å². The molecule has 5 heteroatoms. The summed E-state index contributed by atoms with van der Waals surface area (Å²) in [5.41, 5.74) is 1.04. The van der Waals surface area contributed by atoms with Crippen molar-refractivity contribution in [2.45, 2.75) is 57.5 Å². The summed E-state index contributed by atoms with van der Waals surface area (Å²) in [5, 5.41) is 0.642. The first-order valence-electron chi connectivity index (χ1n) is 8.18. The molecule has 3 fully saturated rings. The van der Waals surface area contributed by atoms with Gasteiger partial charge in [0.2, 0.25) is 0 Å². The van der Waals surface area contributed by atoms with Crippen LogP contribution in [0.25, 0.3) is 0 Å². The smallest absolute Gasteiger partial charge is 0.137 e. The van der Waals surface area contributed by atoms with Gasteiger partial charge >= 0.3 is 0 Å². The Kier molecular flexibility index (Phi) is 3.34. The van der Waals surface area contributed by atoms with Crippen molar-refractivity contribution in [1.29, 1.82) is 0 Å². The van der Waals surface area contributed by atoms with Gasteiger partial charge in [-0.05, 0) is 46.1 Å². The minimum absolute atomic E-state index is 0.496. The molecule has 0 aromatic carbocycles. The lowest BCUT2D eigenvalue weighted by molar-refractivity contribution is 0.202. The third kappa shape index (κ3) is 2.42. The van der Waals surface area contributed by atoms with Crippen molar-refractivity contribution in [1.82, 2.24) is 14.9 Å². The van der Waals surface area contributed by atoms with Crippen molar-refractivity contribution in [2.24, 2.45) is 0 Å². The van der Waals surface area contributed by atoms with E-state index in [0.717, 1.165) is 30.3 Å². The lowest BCUT2D eigenvalue weighted by Gasteiger charge is -2.43. The maximum Gasteiger partial charge on any atom is 0.137 e. The molecular weight excluding hydrogens is 284 g/mol. The van der Waals surface area contributed by atoms with E-state index in [4.69, 9.17) is 16.6 Å².